The molecule has 1 atom stereocenters. The highest BCUT2D eigenvalue weighted by atomic mass is 127. The first-order valence-electron chi connectivity index (χ1n) is 5.74. The standard InChI is InChI=1S/C12H15FIN3O/c1-7(18)16-8-2-3-17(6-8)12-4-9(13)10(14)5-11(12)15/h4-5,8H,2-3,6,15H2,1H3,(H,16,18). The minimum Gasteiger partial charge on any atom is -0.397 e. The summed E-state index contributed by atoms with van der Waals surface area (Å²) in [5.41, 5.74) is 7.20. The number of rotatable bonds is 2. The Labute approximate surface area is 119 Å². The molecule has 1 fully saturated rings. The molecule has 1 aromatic rings. The van der Waals surface area contributed by atoms with Gasteiger partial charge in [0.1, 0.15) is 5.82 Å². The third kappa shape index (κ3) is 2.85. The zero-order valence-corrected chi connectivity index (χ0v) is 12.2. The minimum absolute atomic E-state index is 0.0383. The number of nitrogens with two attached hydrogens (primary N) is 1. The van der Waals surface area contributed by atoms with E-state index in [2.05, 4.69) is 5.32 Å². The van der Waals surface area contributed by atoms with E-state index in [9.17, 15) is 9.18 Å². The van der Waals surface area contributed by atoms with E-state index in [0.717, 1.165) is 13.0 Å². The van der Waals surface area contributed by atoms with E-state index in [1.807, 2.05) is 27.5 Å². The molecule has 1 aliphatic rings. The molecule has 1 saturated heterocycles. The van der Waals surface area contributed by atoms with Gasteiger partial charge in [-0.2, -0.15) is 0 Å². The molecule has 1 amide bonds. The number of carbonyl (C=O) groups is 1. The minimum atomic E-state index is -0.261. The molecular formula is C12H15FIN3O. The first-order chi connectivity index (χ1) is 8.47. The number of nitrogen functional groups attached to an aromatic ring is 1. The molecule has 1 aliphatic heterocycles. The van der Waals surface area contributed by atoms with E-state index >= 15 is 0 Å². The Morgan fingerprint density at radius 3 is 3.00 bits per heavy atom. The molecule has 6 heteroatoms. The second-order valence-corrected chi connectivity index (χ2v) is 5.62. The molecule has 98 valence electrons. The summed E-state index contributed by atoms with van der Waals surface area (Å²) in [5.74, 6) is -0.300. The van der Waals surface area contributed by atoms with E-state index in [0.29, 0.717) is 21.5 Å². The van der Waals surface area contributed by atoms with Crippen LogP contribution in [-0.2, 0) is 4.79 Å². The number of hydrogen-bond donors (Lipinski definition) is 2. The molecule has 18 heavy (non-hydrogen) atoms. The van der Waals surface area contributed by atoms with Gasteiger partial charge in [-0.3, -0.25) is 4.79 Å². The van der Waals surface area contributed by atoms with Crippen LogP contribution in [0.1, 0.15) is 13.3 Å². The summed E-state index contributed by atoms with van der Waals surface area (Å²) in [6, 6.07) is 3.22. The summed E-state index contributed by atoms with van der Waals surface area (Å²) in [6.07, 6.45) is 0.854. The van der Waals surface area contributed by atoms with Crippen LogP contribution in [0.25, 0.3) is 0 Å². The fraction of sp³-hybridized carbons (Fsp3) is 0.417. The lowest BCUT2D eigenvalue weighted by Crippen LogP contribution is -2.35. The molecule has 4 nitrogen and oxygen atoms in total. The number of nitrogens with one attached hydrogen (secondary N) is 1. The Morgan fingerprint density at radius 1 is 1.61 bits per heavy atom. The molecule has 3 N–H and O–H groups in total. The molecule has 1 heterocycles. The van der Waals surface area contributed by atoms with Crippen LogP contribution < -0.4 is 16.0 Å². The van der Waals surface area contributed by atoms with E-state index < -0.39 is 0 Å². The number of halogens is 2. The van der Waals surface area contributed by atoms with Crippen molar-refractivity contribution in [3.05, 3.63) is 21.5 Å². The van der Waals surface area contributed by atoms with Gasteiger partial charge in [-0.25, -0.2) is 4.39 Å². The largest absolute Gasteiger partial charge is 0.397 e. The summed E-state index contributed by atoms with van der Waals surface area (Å²) >= 11 is 1.92. The third-order valence-corrected chi connectivity index (χ3v) is 3.83. The molecule has 0 radical (unpaired) electrons. The molecule has 0 saturated carbocycles. The summed E-state index contributed by atoms with van der Waals surface area (Å²) in [4.78, 5) is 13.0. The van der Waals surface area contributed by atoms with Crippen LogP contribution in [0.3, 0.4) is 0 Å². The molecule has 0 bridgehead atoms. The Morgan fingerprint density at radius 2 is 2.33 bits per heavy atom. The highest BCUT2D eigenvalue weighted by Crippen LogP contribution is 2.30. The van der Waals surface area contributed by atoms with Crippen LogP contribution in [0.4, 0.5) is 15.8 Å². The van der Waals surface area contributed by atoms with E-state index in [-0.39, 0.29) is 17.8 Å². The van der Waals surface area contributed by atoms with Crippen molar-refractivity contribution in [3.8, 4) is 0 Å². The highest BCUT2D eigenvalue weighted by molar-refractivity contribution is 14.1. The normalized spacial score (nSPS) is 19.1. The Bertz CT molecular complexity index is 481. The number of nitrogens with zero attached hydrogens (tertiary/aromatic N) is 1. The quantitative estimate of drug-likeness (QED) is 0.622. The number of anilines is 2. The second kappa shape index (κ2) is 5.29. The summed E-state index contributed by atoms with van der Waals surface area (Å²) in [6.45, 7) is 2.94. The van der Waals surface area contributed by atoms with Gasteiger partial charge in [0.05, 0.1) is 14.9 Å². The lowest BCUT2D eigenvalue weighted by Gasteiger charge is -2.21. The van der Waals surface area contributed by atoms with Crippen molar-refractivity contribution in [2.24, 2.45) is 0 Å². The Hall–Kier alpha value is -1.05. The number of carbonyl (C=O) groups excluding carboxylic acids is 1. The molecule has 2 rings (SSSR count). The fourth-order valence-corrected chi connectivity index (χ4v) is 2.70. The monoisotopic (exact) mass is 363 g/mol. The smallest absolute Gasteiger partial charge is 0.217 e. The first-order valence-corrected chi connectivity index (χ1v) is 6.82. The molecule has 0 aliphatic carbocycles. The maximum atomic E-state index is 13.6. The van der Waals surface area contributed by atoms with Crippen LogP contribution in [0.15, 0.2) is 12.1 Å². The van der Waals surface area contributed by atoms with E-state index in [4.69, 9.17) is 5.73 Å². The average molecular weight is 363 g/mol. The van der Waals surface area contributed by atoms with Crippen LogP contribution in [0.2, 0.25) is 0 Å². The molecular weight excluding hydrogens is 348 g/mol. The van der Waals surface area contributed by atoms with Crippen molar-refractivity contribution >= 4 is 39.9 Å². The van der Waals surface area contributed by atoms with Gasteiger partial charge in [0, 0.05) is 32.1 Å². The van der Waals surface area contributed by atoms with Crippen molar-refractivity contribution in [2.75, 3.05) is 23.7 Å². The Balaban J connectivity index is 2.14. The summed E-state index contributed by atoms with van der Waals surface area (Å²) in [5, 5.41) is 2.87. The van der Waals surface area contributed by atoms with E-state index in [1.165, 1.54) is 13.0 Å². The van der Waals surface area contributed by atoms with Gasteiger partial charge in [0.15, 0.2) is 0 Å². The van der Waals surface area contributed by atoms with Crippen LogP contribution in [-0.4, -0.2) is 25.0 Å². The van der Waals surface area contributed by atoms with Gasteiger partial charge in [-0.05, 0) is 35.1 Å². The number of hydrogen-bond acceptors (Lipinski definition) is 3. The second-order valence-electron chi connectivity index (χ2n) is 4.46. The topological polar surface area (TPSA) is 58.4 Å². The molecule has 1 unspecified atom stereocenters. The summed E-state index contributed by atoms with van der Waals surface area (Å²) in [7, 11) is 0. The van der Waals surface area contributed by atoms with Crippen molar-refractivity contribution in [2.45, 2.75) is 19.4 Å². The van der Waals surface area contributed by atoms with Crippen molar-refractivity contribution < 1.29 is 9.18 Å². The average Bonchev–Trinajstić information content (AvgIpc) is 2.70. The van der Waals surface area contributed by atoms with Gasteiger partial charge in [0.25, 0.3) is 0 Å². The first kappa shape index (κ1) is 13.4. The highest BCUT2D eigenvalue weighted by Gasteiger charge is 2.25. The Kier molecular flexibility index (Phi) is 3.94. The van der Waals surface area contributed by atoms with Gasteiger partial charge >= 0.3 is 0 Å². The van der Waals surface area contributed by atoms with E-state index in [1.54, 1.807) is 6.07 Å². The lowest BCUT2D eigenvalue weighted by atomic mass is 10.2. The van der Waals surface area contributed by atoms with Crippen LogP contribution in [0.5, 0.6) is 0 Å². The predicted octanol–water partition coefficient (Wildman–Crippen LogP) is 1.73. The molecule has 0 spiro atoms. The zero-order chi connectivity index (χ0) is 13.3. The maximum Gasteiger partial charge on any atom is 0.217 e. The lowest BCUT2D eigenvalue weighted by molar-refractivity contribution is -0.119. The number of benzene rings is 1. The molecule has 0 aromatic heterocycles. The third-order valence-electron chi connectivity index (χ3n) is 3.01. The summed E-state index contributed by atoms with van der Waals surface area (Å²) < 4.78 is 14.1. The predicted molar refractivity (Wildman–Crippen MR) is 78.0 cm³/mol. The fourth-order valence-electron chi connectivity index (χ4n) is 2.21. The van der Waals surface area contributed by atoms with Crippen molar-refractivity contribution in [1.29, 1.82) is 0 Å². The van der Waals surface area contributed by atoms with Gasteiger partial charge < -0.3 is 16.0 Å². The number of amides is 1. The van der Waals surface area contributed by atoms with Gasteiger partial charge in [0.2, 0.25) is 5.91 Å². The maximum absolute atomic E-state index is 13.6. The molecule has 1 aromatic carbocycles. The zero-order valence-electron chi connectivity index (χ0n) is 10.0. The van der Waals surface area contributed by atoms with Gasteiger partial charge in [-0.15, -0.1) is 0 Å². The SMILES string of the molecule is CC(=O)NC1CCN(c2cc(F)c(I)cc2N)C1. The van der Waals surface area contributed by atoms with Crippen molar-refractivity contribution in [1.82, 2.24) is 5.32 Å². The van der Waals surface area contributed by atoms with Crippen LogP contribution >= 0.6 is 22.6 Å². The van der Waals surface area contributed by atoms with Gasteiger partial charge in [-0.1, -0.05) is 0 Å². The van der Waals surface area contributed by atoms with Crippen molar-refractivity contribution in [3.63, 3.8) is 0 Å². The van der Waals surface area contributed by atoms with Crippen LogP contribution in [0, 0.1) is 9.39 Å².